The maximum atomic E-state index is 12.9. The van der Waals surface area contributed by atoms with Gasteiger partial charge in [0.05, 0.1) is 5.69 Å². The van der Waals surface area contributed by atoms with Crippen molar-refractivity contribution in [2.75, 3.05) is 16.8 Å². The van der Waals surface area contributed by atoms with Crippen LogP contribution in [0.25, 0.3) is 11.3 Å². The van der Waals surface area contributed by atoms with Crippen LogP contribution in [0.4, 0.5) is 9.52 Å². The molecular formula is C15H15FN2OS2. The fourth-order valence-electron chi connectivity index (χ4n) is 2.25. The molecule has 21 heavy (non-hydrogen) atoms. The summed E-state index contributed by atoms with van der Waals surface area (Å²) in [6, 6.07) is 6.20. The van der Waals surface area contributed by atoms with Crippen molar-refractivity contribution in [1.29, 1.82) is 0 Å². The molecule has 1 amide bonds. The molecule has 110 valence electrons. The molecule has 1 aliphatic rings. The van der Waals surface area contributed by atoms with E-state index < -0.39 is 0 Å². The van der Waals surface area contributed by atoms with Crippen LogP contribution in [0.5, 0.6) is 0 Å². The molecule has 0 atom stereocenters. The Labute approximate surface area is 131 Å². The molecule has 1 N–H and O–H groups in total. The third-order valence-corrected chi connectivity index (χ3v) is 5.27. The van der Waals surface area contributed by atoms with E-state index in [1.807, 2.05) is 17.1 Å². The van der Waals surface area contributed by atoms with Crippen LogP contribution in [0.3, 0.4) is 0 Å². The van der Waals surface area contributed by atoms with E-state index in [2.05, 4.69) is 10.3 Å². The standard InChI is InChI=1S/C15H15FN2OS2/c16-12-3-1-10(2-4-12)13-9-21-15(17-13)18-14(19)11-5-7-20-8-6-11/h1-4,9,11H,5-8H2,(H,17,18,19). The molecule has 0 unspecified atom stereocenters. The van der Waals surface area contributed by atoms with Crippen LogP contribution in [0.15, 0.2) is 29.6 Å². The molecule has 2 aromatic rings. The fourth-order valence-corrected chi connectivity index (χ4v) is 4.08. The maximum Gasteiger partial charge on any atom is 0.229 e. The Morgan fingerprint density at radius 1 is 1.24 bits per heavy atom. The molecule has 6 heteroatoms. The number of aromatic nitrogens is 1. The van der Waals surface area contributed by atoms with Gasteiger partial charge in [-0.2, -0.15) is 11.8 Å². The molecular weight excluding hydrogens is 307 g/mol. The number of nitrogens with zero attached hydrogens (tertiary/aromatic N) is 1. The predicted octanol–water partition coefficient (Wildman–Crippen LogP) is 4.03. The van der Waals surface area contributed by atoms with Gasteiger partial charge in [0.25, 0.3) is 0 Å². The van der Waals surface area contributed by atoms with E-state index in [1.165, 1.54) is 23.5 Å². The second-order valence-corrected chi connectivity index (χ2v) is 7.00. The van der Waals surface area contributed by atoms with Crippen LogP contribution in [0.1, 0.15) is 12.8 Å². The lowest BCUT2D eigenvalue weighted by atomic mass is 10.0. The van der Waals surface area contributed by atoms with Crippen molar-refractivity contribution < 1.29 is 9.18 Å². The quantitative estimate of drug-likeness (QED) is 0.927. The number of carbonyl (C=O) groups is 1. The summed E-state index contributed by atoms with van der Waals surface area (Å²) in [6.45, 7) is 0. The van der Waals surface area contributed by atoms with E-state index in [9.17, 15) is 9.18 Å². The van der Waals surface area contributed by atoms with Crippen molar-refractivity contribution in [3.63, 3.8) is 0 Å². The summed E-state index contributed by atoms with van der Waals surface area (Å²) in [5.74, 6) is 2.01. The van der Waals surface area contributed by atoms with Gasteiger partial charge in [0.1, 0.15) is 5.82 Å². The highest BCUT2D eigenvalue weighted by Gasteiger charge is 2.22. The van der Waals surface area contributed by atoms with Crippen LogP contribution in [0.2, 0.25) is 0 Å². The van der Waals surface area contributed by atoms with Crippen molar-refractivity contribution in [1.82, 2.24) is 4.98 Å². The first-order valence-corrected chi connectivity index (χ1v) is 8.86. The third kappa shape index (κ3) is 3.63. The highest BCUT2D eigenvalue weighted by Crippen LogP contribution is 2.27. The zero-order chi connectivity index (χ0) is 14.7. The summed E-state index contributed by atoms with van der Waals surface area (Å²) in [4.78, 5) is 16.6. The number of amides is 1. The summed E-state index contributed by atoms with van der Waals surface area (Å²) in [5.41, 5.74) is 1.61. The minimum atomic E-state index is -0.266. The van der Waals surface area contributed by atoms with Crippen LogP contribution in [-0.2, 0) is 4.79 Å². The minimum Gasteiger partial charge on any atom is -0.302 e. The first-order chi connectivity index (χ1) is 10.2. The number of hydrogen-bond donors (Lipinski definition) is 1. The zero-order valence-electron chi connectivity index (χ0n) is 11.3. The lowest BCUT2D eigenvalue weighted by Crippen LogP contribution is -2.26. The molecule has 0 bridgehead atoms. The molecule has 1 aromatic heterocycles. The summed E-state index contributed by atoms with van der Waals surface area (Å²) in [6.07, 6.45) is 1.87. The van der Waals surface area contributed by atoms with Crippen molar-refractivity contribution in [2.24, 2.45) is 5.92 Å². The fraction of sp³-hybridized carbons (Fsp3) is 0.333. The van der Waals surface area contributed by atoms with Crippen molar-refractivity contribution in [3.05, 3.63) is 35.5 Å². The third-order valence-electron chi connectivity index (χ3n) is 3.47. The van der Waals surface area contributed by atoms with E-state index in [0.29, 0.717) is 5.13 Å². The van der Waals surface area contributed by atoms with Crippen LogP contribution < -0.4 is 5.32 Å². The zero-order valence-corrected chi connectivity index (χ0v) is 13.0. The molecule has 1 aromatic carbocycles. The monoisotopic (exact) mass is 322 g/mol. The highest BCUT2D eigenvalue weighted by atomic mass is 32.2. The second kappa shape index (κ2) is 6.58. The smallest absolute Gasteiger partial charge is 0.229 e. The lowest BCUT2D eigenvalue weighted by molar-refractivity contribution is -0.120. The molecule has 1 saturated heterocycles. The molecule has 0 aliphatic carbocycles. The van der Waals surface area contributed by atoms with Crippen LogP contribution >= 0.6 is 23.1 Å². The van der Waals surface area contributed by atoms with Gasteiger partial charge in [-0.15, -0.1) is 11.3 Å². The van der Waals surface area contributed by atoms with Gasteiger partial charge in [-0.25, -0.2) is 9.37 Å². The van der Waals surface area contributed by atoms with Gasteiger partial charge >= 0.3 is 0 Å². The largest absolute Gasteiger partial charge is 0.302 e. The number of hydrogen-bond acceptors (Lipinski definition) is 4. The molecule has 3 rings (SSSR count). The number of halogens is 1. The van der Waals surface area contributed by atoms with Gasteiger partial charge in [0, 0.05) is 16.9 Å². The summed E-state index contributed by atoms with van der Waals surface area (Å²) < 4.78 is 12.9. The Balaban J connectivity index is 1.67. The first-order valence-electron chi connectivity index (χ1n) is 6.82. The molecule has 0 radical (unpaired) electrons. The topological polar surface area (TPSA) is 42.0 Å². The Bertz CT molecular complexity index is 621. The number of rotatable bonds is 3. The number of thioether (sulfide) groups is 1. The molecule has 0 spiro atoms. The molecule has 0 saturated carbocycles. The van der Waals surface area contributed by atoms with E-state index in [4.69, 9.17) is 0 Å². The Hall–Kier alpha value is -1.40. The van der Waals surface area contributed by atoms with E-state index in [1.54, 1.807) is 12.1 Å². The van der Waals surface area contributed by atoms with Gasteiger partial charge in [-0.05, 0) is 48.6 Å². The second-order valence-electron chi connectivity index (χ2n) is 4.92. The van der Waals surface area contributed by atoms with E-state index in [0.717, 1.165) is 35.6 Å². The van der Waals surface area contributed by atoms with Crippen LogP contribution in [-0.4, -0.2) is 22.4 Å². The average molecular weight is 322 g/mol. The average Bonchev–Trinajstić information content (AvgIpc) is 2.97. The minimum absolute atomic E-state index is 0.0651. The molecule has 2 heterocycles. The maximum absolute atomic E-state index is 12.9. The number of carbonyl (C=O) groups excluding carboxylic acids is 1. The summed E-state index contributed by atoms with van der Waals surface area (Å²) in [5, 5.41) is 5.38. The van der Waals surface area contributed by atoms with E-state index >= 15 is 0 Å². The van der Waals surface area contributed by atoms with Crippen molar-refractivity contribution in [3.8, 4) is 11.3 Å². The van der Waals surface area contributed by atoms with Gasteiger partial charge < -0.3 is 5.32 Å². The SMILES string of the molecule is O=C(Nc1nc(-c2ccc(F)cc2)cs1)C1CCSCC1. The van der Waals surface area contributed by atoms with Gasteiger partial charge in [-0.1, -0.05) is 0 Å². The van der Waals surface area contributed by atoms with Gasteiger partial charge in [0.15, 0.2) is 5.13 Å². The number of anilines is 1. The summed E-state index contributed by atoms with van der Waals surface area (Å²) >= 11 is 3.30. The van der Waals surface area contributed by atoms with Gasteiger partial charge in [-0.3, -0.25) is 4.79 Å². The Morgan fingerprint density at radius 3 is 2.67 bits per heavy atom. The highest BCUT2D eigenvalue weighted by molar-refractivity contribution is 7.99. The van der Waals surface area contributed by atoms with E-state index in [-0.39, 0.29) is 17.6 Å². The lowest BCUT2D eigenvalue weighted by Gasteiger charge is -2.19. The number of benzene rings is 1. The molecule has 3 nitrogen and oxygen atoms in total. The number of nitrogens with one attached hydrogen (secondary N) is 1. The Kier molecular flexibility index (Phi) is 4.55. The predicted molar refractivity (Wildman–Crippen MR) is 86.2 cm³/mol. The van der Waals surface area contributed by atoms with Crippen LogP contribution in [0, 0.1) is 11.7 Å². The summed E-state index contributed by atoms with van der Waals surface area (Å²) in [7, 11) is 0. The molecule has 1 aliphatic heterocycles. The van der Waals surface area contributed by atoms with Crippen molar-refractivity contribution in [2.45, 2.75) is 12.8 Å². The molecule has 1 fully saturated rings. The first kappa shape index (κ1) is 14.5. The van der Waals surface area contributed by atoms with Gasteiger partial charge in [0.2, 0.25) is 5.91 Å². The van der Waals surface area contributed by atoms with Crippen molar-refractivity contribution >= 4 is 34.1 Å². The normalized spacial score (nSPS) is 15.9. The Morgan fingerprint density at radius 2 is 1.95 bits per heavy atom. The number of thiazole rings is 1.